The molecule has 1 heterocycles. The smallest absolute Gasteiger partial charge is 0.315 e. The van der Waals surface area contributed by atoms with E-state index in [1.54, 1.807) is 6.92 Å². The van der Waals surface area contributed by atoms with Crippen molar-refractivity contribution in [2.24, 2.45) is 5.92 Å². The van der Waals surface area contributed by atoms with E-state index >= 15 is 0 Å². The van der Waals surface area contributed by atoms with Gasteiger partial charge in [0.2, 0.25) is 0 Å². The molecule has 1 N–H and O–H groups in total. The molecule has 2 rings (SSSR count). The van der Waals surface area contributed by atoms with Gasteiger partial charge in [-0.3, -0.25) is 4.79 Å². The van der Waals surface area contributed by atoms with Crippen LogP contribution in [0.2, 0.25) is 0 Å². The lowest BCUT2D eigenvalue weighted by Crippen LogP contribution is -2.17. The van der Waals surface area contributed by atoms with Crippen LogP contribution in [0.3, 0.4) is 0 Å². The Balaban J connectivity index is 2.33. The summed E-state index contributed by atoms with van der Waals surface area (Å²) in [6, 6.07) is 2.80. The summed E-state index contributed by atoms with van der Waals surface area (Å²) in [5.74, 6) is -2.54. The quantitative estimate of drug-likeness (QED) is 0.679. The lowest BCUT2D eigenvalue weighted by molar-refractivity contribution is -0.139. The molecule has 1 aromatic carbocycles. The second-order valence-electron chi connectivity index (χ2n) is 4.44. The third-order valence-electron chi connectivity index (χ3n) is 2.95. The van der Waals surface area contributed by atoms with Crippen molar-refractivity contribution in [1.29, 1.82) is 0 Å². The molecule has 21 heavy (non-hydrogen) atoms. The molecule has 0 aliphatic carbocycles. The van der Waals surface area contributed by atoms with E-state index in [2.05, 4.69) is 0 Å². The fourth-order valence-corrected chi connectivity index (χ4v) is 2.67. The molecule has 1 aromatic heterocycles. The summed E-state index contributed by atoms with van der Waals surface area (Å²) in [5, 5.41) is 9.94. The molecule has 0 aliphatic rings. The minimum Gasteiger partial charge on any atom is -0.502 e. The summed E-state index contributed by atoms with van der Waals surface area (Å²) in [4.78, 5) is 22.1. The van der Waals surface area contributed by atoms with Gasteiger partial charge in [0.25, 0.3) is 0 Å². The number of esters is 1. The van der Waals surface area contributed by atoms with Crippen LogP contribution in [0.5, 0.6) is 16.6 Å². The number of hydrogen-bond acceptors (Lipinski definition) is 6. The van der Waals surface area contributed by atoms with Crippen LogP contribution >= 0.6 is 11.3 Å². The third-order valence-corrected chi connectivity index (χ3v) is 3.91. The molecule has 0 saturated heterocycles. The van der Waals surface area contributed by atoms with Crippen molar-refractivity contribution in [1.82, 2.24) is 0 Å². The Labute approximate surface area is 123 Å². The second-order valence-corrected chi connectivity index (χ2v) is 5.49. The molecule has 0 aliphatic heterocycles. The predicted octanol–water partition coefficient (Wildman–Crippen LogP) is 2.89. The molecule has 7 heteroatoms. The summed E-state index contributed by atoms with van der Waals surface area (Å²) in [7, 11) is 1.32. The minimum absolute atomic E-state index is 0.00838. The number of methoxy groups -OCH3 is 1. The number of carbonyl (C=O) groups is 2. The average molecular weight is 312 g/mol. The van der Waals surface area contributed by atoms with Gasteiger partial charge in [0.05, 0.1) is 13.0 Å². The number of aromatic hydroxyl groups is 1. The third kappa shape index (κ3) is 2.97. The van der Waals surface area contributed by atoms with E-state index in [0.717, 1.165) is 11.3 Å². The van der Waals surface area contributed by atoms with Crippen molar-refractivity contribution in [3.63, 3.8) is 0 Å². The summed E-state index contributed by atoms with van der Waals surface area (Å²) in [6.07, 6.45) is 0.701. The molecule has 0 saturated carbocycles. The average Bonchev–Trinajstić information content (AvgIpc) is 2.85. The summed E-state index contributed by atoms with van der Waals surface area (Å²) in [5.41, 5.74) is 0. The minimum atomic E-state index is -0.830. The molecule has 0 fully saturated rings. The number of thiophene rings is 1. The summed E-state index contributed by atoms with van der Waals surface area (Å²) >= 11 is 1.05. The molecular formula is C14H13FO5S. The maximum absolute atomic E-state index is 14.0. The van der Waals surface area contributed by atoms with Gasteiger partial charge < -0.3 is 19.4 Å². The van der Waals surface area contributed by atoms with Gasteiger partial charge in [0, 0.05) is 28.6 Å². The highest BCUT2D eigenvalue weighted by Gasteiger charge is 2.19. The van der Waals surface area contributed by atoms with Crippen LogP contribution in [0, 0.1) is 11.7 Å². The molecule has 0 spiro atoms. The summed E-state index contributed by atoms with van der Waals surface area (Å²) in [6.45, 7) is 1.57. The van der Waals surface area contributed by atoms with E-state index in [9.17, 15) is 19.1 Å². The van der Waals surface area contributed by atoms with Gasteiger partial charge in [-0.05, 0) is 0 Å². The number of hydrogen-bond donors (Lipinski definition) is 1. The normalized spacial score (nSPS) is 12.1. The number of benzene rings is 1. The van der Waals surface area contributed by atoms with Gasteiger partial charge in [0.1, 0.15) is 6.29 Å². The Morgan fingerprint density at radius 1 is 1.52 bits per heavy atom. The van der Waals surface area contributed by atoms with Crippen molar-refractivity contribution in [3.05, 3.63) is 17.9 Å². The topological polar surface area (TPSA) is 72.8 Å². The molecule has 0 radical (unpaired) electrons. The lowest BCUT2D eigenvalue weighted by atomic mass is 10.1. The number of rotatable bonds is 5. The molecule has 5 nitrogen and oxygen atoms in total. The van der Waals surface area contributed by atoms with Crippen molar-refractivity contribution in [3.8, 4) is 16.6 Å². The highest BCUT2D eigenvalue weighted by molar-refractivity contribution is 7.20. The van der Waals surface area contributed by atoms with Crippen LogP contribution in [0.1, 0.15) is 13.3 Å². The maximum atomic E-state index is 14.0. The number of halogens is 1. The van der Waals surface area contributed by atoms with E-state index in [4.69, 9.17) is 9.47 Å². The predicted molar refractivity (Wildman–Crippen MR) is 75.5 cm³/mol. The molecule has 0 amide bonds. The standard InChI is InChI=1S/C14H13FO5S/c1-7(3-4-16)14(18)20-11-5-8-10(21-11)6-9(19-2)13(17)12(8)15/h4-7,17H,3H2,1-2H3. The lowest BCUT2D eigenvalue weighted by Gasteiger charge is -2.05. The van der Waals surface area contributed by atoms with Gasteiger partial charge >= 0.3 is 5.97 Å². The van der Waals surface area contributed by atoms with E-state index in [0.29, 0.717) is 11.0 Å². The molecule has 1 unspecified atom stereocenters. The molecule has 1 atom stereocenters. The first-order valence-electron chi connectivity index (χ1n) is 6.12. The van der Waals surface area contributed by atoms with Gasteiger partial charge in [-0.25, -0.2) is 4.39 Å². The monoisotopic (exact) mass is 312 g/mol. The fraction of sp³-hybridized carbons (Fsp3) is 0.286. The Morgan fingerprint density at radius 2 is 2.24 bits per heavy atom. The first-order valence-corrected chi connectivity index (χ1v) is 6.94. The van der Waals surface area contributed by atoms with Gasteiger partial charge in [-0.1, -0.05) is 18.3 Å². The highest BCUT2D eigenvalue weighted by Crippen LogP contribution is 2.41. The molecule has 0 bridgehead atoms. The largest absolute Gasteiger partial charge is 0.502 e. The highest BCUT2D eigenvalue weighted by atomic mass is 32.1. The first-order chi connectivity index (χ1) is 9.97. The zero-order chi connectivity index (χ0) is 15.6. The Kier molecular flexibility index (Phi) is 4.42. The van der Waals surface area contributed by atoms with Gasteiger partial charge in [-0.15, -0.1) is 0 Å². The zero-order valence-electron chi connectivity index (χ0n) is 11.4. The zero-order valence-corrected chi connectivity index (χ0v) is 12.2. The first kappa shape index (κ1) is 15.2. The van der Waals surface area contributed by atoms with Gasteiger partial charge in [0.15, 0.2) is 22.4 Å². The van der Waals surface area contributed by atoms with Crippen molar-refractivity contribution < 1.29 is 28.6 Å². The number of fused-ring (bicyclic) bond motifs is 1. The Hall–Kier alpha value is -2.15. The second kappa shape index (κ2) is 6.09. The van der Waals surface area contributed by atoms with Crippen LogP contribution in [-0.2, 0) is 9.59 Å². The van der Waals surface area contributed by atoms with E-state index in [1.165, 1.54) is 19.2 Å². The molecule has 112 valence electrons. The molecule has 2 aromatic rings. The van der Waals surface area contributed by atoms with Crippen LogP contribution in [0.15, 0.2) is 12.1 Å². The van der Waals surface area contributed by atoms with E-state index < -0.39 is 23.5 Å². The van der Waals surface area contributed by atoms with Crippen molar-refractivity contribution in [2.45, 2.75) is 13.3 Å². The SMILES string of the molecule is COc1cc2sc(OC(=O)C(C)CC=O)cc2c(F)c1O. The van der Waals surface area contributed by atoms with Crippen molar-refractivity contribution in [2.75, 3.05) is 7.11 Å². The van der Waals surface area contributed by atoms with Crippen LogP contribution in [-0.4, -0.2) is 24.5 Å². The van der Waals surface area contributed by atoms with Crippen LogP contribution in [0.25, 0.3) is 10.1 Å². The van der Waals surface area contributed by atoms with Crippen LogP contribution in [0.4, 0.5) is 4.39 Å². The van der Waals surface area contributed by atoms with E-state index in [1.807, 2.05) is 0 Å². The Bertz CT molecular complexity index is 694. The van der Waals surface area contributed by atoms with Gasteiger partial charge in [-0.2, -0.15) is 0 Å². The fourth-order valence-electron chi connectivity index (χ4n) is 1.73. The Morgan fingerprint density at radius 3 is 2.86 bits per heavy atom. The van der Waals surface area contributed by atoms with Crippen molar-refractivity contribution >= 4 is 33.7 Å². The van der Waals surface area contributed by atoms with E-state index in [-0.39, 0.29) is 22.6 Å². The number of carbonyl (C=O) groups excluding carboxylic acids is 2. The van der Waals surface area contributed by atoms with Crippen LogP contribution < -0.4 is 9.47 Å². The number of phenols is 1. The number of phenolic OH excluding ortho intramolecular Hbond substituents is 1. The summed E-state index contributed by atoms with van der Waals surface area (Å²) < 4.78 is 24.4. The molecular weight excluding hydrogens is 299 g/mol. The number of ether oxygens (including phenoxy) is 2. The maximum Gasteiger partial charge on any atom is 0.315 e. The number of aldehydes is 1.